The van der Waals surface area contributed by atoms with E-state index >= 15 is 0 Å². The molecule has 1 heterocycles. The lowest BCUT2D eigenvalue weighted by atomic mass is 10.0. The molecule has 1 aliphatic heterocycles. The fourth-order valence-corrected chi connectivity index (χ4v) is 3.69. The van der Waals surface area contributed by atoms with Crippen LogP contribution in [0.5, 0.6) is 5.75 Å². The number of aldehydes is 1. The van der Waals surface area contributed by atoms with Gasteiger partial charge in [0.25, 0.3) is 0 Å². The van der Waals surface area contributed by atoms with E-state index in [-0.39, 0.29) is 11.2 Å². The average molecular weight is 343 g/mol. The molecule has 0 bridgehead atoms. The SMILES string of the molecule is CCCCSC1C(=O)Oc2c1cc(Br)c(C)c2C=O. The van der Waals surface area contributed by atoms with Crippen molar-refractivity contribution >= 4 is 39.9 Å². The number of thioether (sulfide) groups is 1. The maximum atomic E-state index is 11.9. The van der Waals surface area contributed by atoms with Gasteiger partial charge >= 0.3 is 5.97 Å². The highest BCUT2D eigenvalue weighted by Gasteiger charge is 2.36. The van der Waals surface area contributed by atoms with Crippen LogP contribution in [0.15, 0.2) is 10.5 Å². The van der Waals surface area contributed by atoms with Crippen molar-refractivity contribution in [3.8, 4) is 5.75 Å². The Morgan fingerprint density at radius 1 is 1.53 bits per heavy atom. The molecule has 0 aliphatic carbocycles. The number of benzene rings is 1. The molecule has 1 atom stereocenters. The van der Waals surface area contributed by atoms with E-state index in [0.29, 0.717) is 11.3 Å². The molecule has 1 aliphatic rings. The number of ether oxygens (including phenoxy) is 1. The first kappa shape index (κ1) is 14.6. The number of halogens is 1. The Hall–Kier alpha value is -0.810. The van der Waals surface area contributed by atoms with Crippen molar-refractivity contribution in [3.63, 3.8) is 0 Å². The molecule has 1 aromatic rings. The average Bonchev–Trinajstić information content (AvgIpc) is 2.68. The zero-order valence-electron chi connectivity index (χ0n) is 10.9. The molecular weight excluding hydrogens is 328 g/mol. The molecule has 3 nitrogen and oxygen atoms in total. The fourth-order valence-electron chi connectivity index (χ4n) is 2.00. The van der Waals surface area contributed by atoms with Crippen LogP contribution in [0.3, 0.4) is 0 Å². The van der Waals surface area contributed by atoms with Crippen LogP contribution >= 0.6 is 27.7 Å². The summed E-state index contributed by atoms with van der Waals surface area (Å²) < 4.78 is 6.14. The highest BCUT2D eigenvalue weighted by Crippen LogP contribution is 2.46. The van der Waals surface area contributed by atoms with Crippen LogP contribution in [0, 0.1) is 6.92 Å². The second kappa shape index (κ2) is 6.09. The summed E-state index contributed by atoms with van der Waals surface area (Å²) in [6.45, 7) is 3.95. The van der Waals surface area contributed by atoms with Gasteiger partial charge in [-0.05, 0) is 30.7 Å². The second-order valence-corrected chi connectivity index (χ2v) is 6.53. The Balaban J connectivity index is 2.37. The van der Waals surface area contributed by atoms with Gasteiger partial charge in [0.05, 0.1) is 5.56 Å². The third kappa shape index (κ3) is 2.72. The third-order valence-electron chi connectivity index (χ3n) is 3.15. The molecule has 0 aromatic heterocycles. The molecule has 5 heteroatoms. The number of fused-ring (bicyclic) bond motifs is 1. The Bertz CT molecular complexity index is 528. The van der Waals surface area contributed by atoms with Crippen molar-refractivity contribution in [1.29, 1.82) is 0 Å². The van der Waals surface area contributed by atoms with Gasteiger partial charge in [0.2, 0.25) is 0 Å². The van der Waals surface area contributed by atoms with Gasteiger partial charge in [-0.15, -0.1) is 11.8 Å². The Morgan fingerprint density at radius 2 is 2.26 bits per heavy atom. The standard InChI is InChI=1S/C14H15BrO3S/c1-3-4-5-19-13-9-6-11(15)8(2)10(7-16)12(9)18-14(13)17/h6-7,13H,3-5H2,1-2H3. The summed E-state index contributed by atoms with van der Waals surface area (Å²) in [4.78, 5) is 23.1. The largest absolute Gasteiger partial charge is 0.424 e. The minimum atomic E-state index is -0.308. The Labute approximate surface area is 125 Å². The number of rotatable bonds is 5. The number of carbonyl (C=O) groups is 2. The van der Waals surface area contributed by atoms with E-state index in [1.165, 1.54) is 0 Å². The molecule has 19 heavy (non-hydrogen) atoms. The van der Waals surface area contributed by atoms with Crippen LogP contribution in [0.1, 0.15) is 46.5 Å². The minimum Gasteiger partial charge on any atom is -0.424 e. The molecule has 0 spiro atoms. The molecular formula is C14H15BrO3S. The number of carbonyl (C=O) groups excluding carboxylic acids is 2. The topological polar surface area (TPSA) is 43.4 Å². The first-order valence-electron chi connectivity index (χ1n) is 6.21. The summed E-state index contributed by atoms with van der Waals surface area (Å²) >= 11 is 5.02. The normalized spacial score (nSPS) is 17.2. The van der Waals surface area contributed by atoms with E-state index in [1.807, 2.05) is 13.0 Å². The van der Waals surface area contributed by atoms with Gasteiger partial charge in [0.15, 0.2) is 6.29 Å². The maximum Gasteiger partial charge on any atom is 0.329 e. The van der Waals surface area contributed by atoms with Gasteiger partial charge in [-0.25, -0.2) is 0 Å². The molecule has 102 valence electrons. The molecule has 0 radical (unpaired) electrons. The van der Waals surface area contributed by atoms with Crippen molar-refractivity contribution in [3.05, 3.63) is 27.2 Å². The van der Waals surface area contributed by atoms with Gasteiger partial charge in [0, 0.05) is 10.0 Å². The molecule has 0 N–H and O–H groups in total. The van der Waals surface area contributed by atoms with E-state index in [4.69, 9.17) is 4.74 Å². The predicted molar refractivity (Wildman–Crippen MR) is 80.0 cm³/mol. The predicted octanol–water partition coefficient (Wildman–Crippen LogP) is 4.06. The van der Waals surface area contributed by atoms with Gasteiger partial charge in [0.1, 0.15) is 11.0 Å². The summed E-state index contributed by atoms with van der Waals surface area (Å²) in [7, 11) is 0. The summed E-state index contributed by atoms with van der Waals surface area (Å²) in [6.07, 6.45) is 2.92. The van der Waals surface area contributed by atoms with E-state index < -0.39 is 0 Å². The molecule has 2 rings (SSSR count). The number of esters is 1. The van der Waals surface area contributed by atoms with Crippen molar-refractivity contribution in [1.82, 2.24) is 0 Å². The Morgan fingerprint density at radius 3 is 2.89 bits per heavy atom. The molecule has 0 saturated heterocycles. The second-order valence-electron chi connectivity index (χ2n) is 4.46. The van der Waals surface area contributed by atoms with Crippen molar-refractivity contribution in [2.75, 3.05) is 5.75 Å². The lowest BCUT2D eigenvalue weighted by Crippen LogP contribution is -2.07. The number of hydrogen-bond acceptors (Lipinski definition) is 4. The first-order chi connectivity index (χ1) is 9.10. The highest BCUT2D eigenvalue weighted by atomic mass is 79.9. The summed E-state index contributed by atoms with van der Waals surface area (Å²) in [5.41, 5.74) is 2.09. The van der Waals surface area contributed by atoms with E-state index in [9.17, 15) is 9.59 Å². The number of hydrogen-bond donors (Lipinski definition) is 0. The molecule has 0 amide bonds. The summed E-state index contributed by atoms with van der Waals surface area (Å²) in [5, 5.41) is -0.308. The van der Waals surface area contributed by atoms with E-state index in [0.717, 1.165) is 40.5 Å². The zero-order valence-corrected chi connectivity index (χ0v) is 13.3. The van der Waals surface area contributed by atoms with Crippen LogP contribution in [-0.2, 0) is 4.79 Å². The third-order valence-corrected chi connectivity index (χ3v) is 5.28. The van der Waals surface area contributed by atoms with Gasteiger partial charge in [-0.2, -0.15) is 0 Å². The lowest BCUT2D eigenvalue weighted by molar-refractivity contribution is -0.132. The quantitative estimate of drug-likeness (QED) is 0.350. The van der Waals surface area contributed by atoms with E-state index in [2.05, 4.69) is 22.9 Å². The van der Waals surface area contributed by atoms with Crippen LogP contribution in [0.2, 0.25) is 0 Å². The minimum absolute atomic E-state index is 0.267. The van der Waals surface area contributed by atoms with Gasteiger partial charge < -0.3 is 4.74 Å². The smallest absolute Gasteiger partial charge is 0.329 e. The number of unbranched alkanes of at least 4 members (excludes halogenated alkanes) is 1. The molecule has 1 unspecified atom stereocenters. The van der Waals surface area contributed by atoms with Crippen LogP contribution in [0.25, 0.3) is 0 Å². The highest BCUT2D eigenvalue weighted by molar-refractivity contribution is 9.10. The molecule has 0 fully saturated rings. The van der Waals surface area contributed by atoms with Crippen molar-refractivity contribution in [2.45, 2.75) is 31.9 Å². The lowest BCUT2D eigenvalue weighted by Gasteiger charge is -2.09. The van der Waals surface area contributed by atoms with Gasteiger partial charge in [-0.1, -0.05) is 29.3 Å². The fraction of sp³-hybridized carbons (Fsp3) is 0.429. The van der Waals surface area contributed by atoms with Crippen LogP contribution in [-0.4, -0.2) is 18.0 Å². The van der Waals surface area contributed by atoms with Crippen molar-refractivity contribution in [2.24, 2.45) is 0 Å². The van der Waals surface area contributed by atoms with Crippen LogP contribution < -0.4 is 4.74 Å². The monoisotopic (exact) mass is 342 g/mol. The maximum absolute atomic E-state index is 11.9. The first-order valence-corrected chi connectivity index (χ1v) is 8.05. The van der Waals surface area contributed by atoms with Crippen molar-refractivity contribution < 1.29 is 14.3 Å². The van der Waals surface area contributed by atoms with Crippen LogP contribution in [0.4, 0.5) is 0 Å². The summed E-state index contributed by atoms with van der Waals surface area (Å²) in [5.74, 6) is 1.09. The zero-order chi connectivity index (χ0) is 14.0. The molecule has 0 saturated carbocycles. The van der Waals surface area contributed by atoms with Gasteiger partial charge in [-0.3, -0.25) is 9.59 Å². The molecule has 1 aromatic carbocycles. The summed E-state index contributed by atoms with van der Waals surface area (Å²) in [6, 6.07) is 1.90. The Kier molecular flexibility index (Phi) is 4.68. The van der Waals surface area contributed by atoms with E-state index in [1.54, 1.807) is 11.8 Å².